The topological polar surface area (TPSA) is 0 Å². The van der Waals surface area contributed by atoms with Gasteiger partial charge in [0.05, 0.1) is 0 Å². The van der Waals surface area contributed by atoms with Gasteiger partial charge in [0.25, 0.3) is 0 Å². The fourth-order valence-corrected chi connectivity index (χ4v) is 2.50. The molecule has 0 spiro atoms. The Balaban J connectivity index is 2.55. The molecule has 1 aromatic carbocycles. The molecule has 0 heterocycles. The summed E-state index contributed by atoms with van der Waals surface area (Å²) >= 11 is 0. The van der Waals surface area contributed by atoms with Gasteiger partial charge in [0, 0.05) is 0 Å². The van der Waals surface area contributed by atoms with Crippen LogP contribution in [0.4, 0.5) is 0 Å². The number of benzene rings is 1. The van der Waals surface area contributed by atoms with Crippen molar-refractivity contribution in [1.82, 2.24) is 0 Å². The lowest BCUT2D eigenvalue weighted by atomic mass is 9.93. The maximum atomic E-state index is 3.90. The molecule has 0 bridgehead atoms. The van der Waals surface area contributed by atoms with Crippen molar-refractivity contribution in [1.29, 1.82) is 0 Å². The minimum absolute atomic E-state index is 1.09. The Bertz CT molecular complexity index is 290. The molecule has 0 aromatic heterocycles. The molecule has 0 aliphatic heterocycles. The van der Waals surface area contributed by atoms with E-state index in [-0.39, 0.29) is 0 Å². The molecule has 0 amide bonds. The third-order valence-corrected chi connectivity index (χ3v) is 3.56. The molecule has 0 atom stereocenters. The highest BCUT2D eigenvalue weighted by atomic mass is 14.1. The van der Waals surface area contributed by atoms with E-state index in [1.807, 2.05) is 0 Å². The fraction of sp³-hybridized carbons (Fsp3) is 0.588. The van der Waals surface area contributed by atoms with Crippen LogP contribution in [0.5, 0.6) is 0 Å². The molecule has 0 aliphatic carbocycles. The predicted molar refractivity (Wildman–Crippen MR) is 77.3 cm³/mol. The highest BCUT2D eigenvalue weighted by Gasteiger charge is 2.05. The molecule has 0 N–H and O–H groups in total. The van der Waals surface area contributed by atoms with Crippen molar-refractivity contribution in [3.63, 3.8) is 0 Å². The van der Waals surface area contributed by atoms with Crippen LogP contribution in [0.3, 0.4) is 0 Å². The minimum Gasteiger partial charge on any atom is -0.0617 e. The van der Waals surface area contributed by atoms with Crippen LogP contribution in [-0.2, 0) is 19.3 Å². The second-order valence-corrected chi connectivity index (χ2v) is 4.78. The summed E-state index contributed by atoms with van der Waals surface area (Å²) in [5.41, 5.74) is 4.75. The van der Waals surface area contributed by atoms with Crippen molar-refractivity contribution in [2.75, 3.05) is 0 Å². The highest BCUT2D eigenvalue weighted by Crippen LogP contribution is 2.19. The second-order valence-electron chi connectivity index (χ2n) is 4.78. The van der Waals surface area contributed by atoms with Crippen LogP contribution >= 0.6 is 0 Å². The summed E-state index contributed by atoms with van der Waals surface area (Å²) in [6, 6.07) is 6.80. The van der Waals surface area contributed by atoms with Crippen LogP contribution in [0.1, 0.15) is 62.6 Å². The summed E-state index contributed by atoms with van der Waals surface area (Å²) in [7, 11) is 0. The van der Waals surface area contributed by atoms with Gasteiger partial charge in [-0.3, -0.25) is 0 Å². The monoisotopic (exact) mass is 231 g/mol. The Kier molecular flexibility index (Phi) is 7.00. The van der Waals surface area contributed by atoms with E-state index in [9.17, 15) is 0 Å². The van der Waals surface area contributed by atoms with Crippen molar-refractivity contribution in [2.45, 2.75) is 65.2 Å². The van der Waals surface area contributed by atoms with Crippen molar-refractivity contribution < 1.29 is 0 Å². The van der Waals surface area contributed by atoms with Gasteiger partial charge in [-0.2, -0.15) is 0 Å². The minimum atomic E-state index is 1.09. The molecule has 0 unspecified atom stereocenters. The third kappa shape index (κ3) is 4.53. The molecule has 0 saturated carbocycles. The smallest absolute Gasteiger partial charge is 0.0273 e. The summed E-state index contributed by atoms with van der Waals surface area (Å²) in [4.78, 5) is 0. The molecule has 17 heavy (non-hydrogen) atoms. The first-order valence-corrected chi connectivity index (χ1v) is 7.22. The van der Waals surface area contributed by atoms with E-state index in [0.717, 1.165) is 6.42 Å². The maximum Gasteiger partial charge on any atom is -0.0273 e. The standard InChI is InChI=1S/C17H27/c1-4-7-8-9-10-14-17-15(5-2)12-11-13-16(17)6-3/h11-13H,1,4-10,14H2,2-3H3. The molecule has 0 nitrogen and oxygen atoms in total. The molecule has 1 aromatic rings. The number of hydrogen-bond donors (Lipinski definition) is 0. The average Bonchev–Trinajstić information content (AvgIpc) is 2.38. The van der Waals surface area contributed by atoms with Gasteiger partial charge in [0.15, 0.2) is 0 Å². The van der Waals surface area contributed by atoms with Crippen LogP contribution < -0.4 is 0 Å². The van der Waals surface area contributed by atoms with E-state index >= 15 is 0 Å². The fourth-order valence-electron chi connectivity index (χ4n) is 2.50. The van der Waals surface area contributed by atoms with E-state index in [2.05, 4.69) is 39.0 Å². The average molecular weight is 231 g/mol. The van der Waals surface area contributed by atoms with Crippen molar-refractivity contribution in [3.05, 3.63) is 41.8 Å². The lowest BCUT2D eigenvalue weighted by molar-refractivity contribution is 0.642. The summed E-state index contributed by atoms with van der Waals surface area (Å²) < 4.78 is 0. The number of hydrogen-bond acceptors (Lipinski definition) is 0. The first-order chi connectivity index (χ1) is 8.33. The SMILES string of the molecule is [CH2]CCCCCCc1c(CC)cccc1CC. The molecule has 95 valence electrons. The Hall–Kier alpha value is -0.780. The van der Waals surface area contributed by atoms with Gasteiger partial charge in [-0.25, -0.2) is 0 Å². The largest absolute Gasteiger partial charge is 0.0617 e. The molecule has 0 aliphatic rings. The zero-order chi connectivity index (χ0) is 12.5. The Labute approximate surface area is 107 Å². The number of unbranched alkanes of at least 4 members (excludes halogenated alkanes) is 4. The molecular formula is C17H27. The first kappa shape index (κ1) is 14.3. The third-order valence-electron chi connectivity index (χ3n) is 3.56. The Morgan fingerprint density at radius 1 is 0.882 bits per heavy atom. The summed E-state index contributed by atoms with van der Waals surface area (Å²) in [6.45, 7) is 8.43. The van der Waals surface area contributed by atoms with Gasteiger partial charge >= 0.3 is 0 Å². The van der Waals surface area contributed by atoms with Crippen LogP contribution in [0.25, 0.3) is 0 Å². The number of aryl methyl sites for hydroxylation is 2. The zero-order valence-electron chi connectivity index (χ0n) is 11.6. The molecule has 0 saturated heterocycles. The van der Waals surface area contributed by atoms with Crippen LogP contribution in [0, 0.1) is 6.92 Å². The molecular weight excluding hydrogens is 204 g/mol. The Morgan fingerprint density at radius 3 is 2.00 bits per heavy atom. The van der Waals surface area contributed by atoms with Gasteiger partial charge in [-0.1, -0.05) is 64.7 Å². The van der Waals surface area contributed by atoms with Crippen molar-refractivity contribution in [2.24, 2.45) is 0 Å². The van der Waals surface area contributed by atoms with E-state index < -0.39 is 0 Å². The zero-order valence-corrected chi connectivity index (χ0v) is 11.6. The van der Waals surface area contributed by atoms with Crippen LogP contribution in [0.15, 0.2) is 18.2 Å². The lowest BCUT2D eigenvalue weighted by Crippen LogP contribution is -1.99. The Morgan fingerprint density at radius 2 is 1.47 bits per heavy atom. The summed E-state index contributed by atoms with van der Waals surface area (Å²) in [5, 5.41) is 0. The quantitative estimate of drug-likeness (QED) is 0.543. The first-order valence-electron chi connectivity index (χ1n) is 7.22. The van der Waals surface area contributed by atoms with Crippen LogP contribution in [-0.4, -0.2) is 0 Å². The summed E-state index contributed by atoms with van der Waals surface area (Å²) in [6.07, 6.45) is 10.0. The van der Waals surface area contributed by atoms with Gasteiger partial charge in [0.1, 0.15) is 0 Å². The van der Waals surface area contributed by atoms with Crippen molar-refractivity contribution >= 4 is 0 Å². The normalized spacial score (nSPS) is 10.8. The maximum absolute atomic E-state index is 3.90. The van der Waals surface area contributed by atoms with E-state index in [4.69, 9.17) is 0 Å². The van der Waals surface area contributed by atoms with Gasteiger partial charge in [0.2, 0.25) is 0 Å². The highest BCUT2D eigenvalue weighted by molar-refractivity contribution is 5.35. The molecule has 0 heteroatoms. The molecule has 1 rings (SSSR count). The molecule has 1 radical (unpaired) electrons. The van der Waals surface area contributed by atoms with E-state index in [0.29, 0.717) is 0 Å². The van der Waals surface area contributed by atoms with Gasteiger partial charge in [-0.15, -0.1) is 0 Å². The van der Waals surface area contributed by atoms with E-state index in [1.165, 1.54) is 44.9 Å². The van der Waals surface area contributed by atoms with Gasteiger partial charge in [-0.05, 0) is 42.4 Å². The van der Waals surface area contributed by atoms with E-state index in [1.54, 1.807) is 16.7 Å². The second kappa shape index (κ2) is 8.33. The van der Waals surface area contributed by atoms with Crippen LogP contribution in [0.2, 0.25) is 0 Å². The molecule has 0 fully saturated rings. The number of rotatable bonds is 8. The lowest BCUT2D eigenvalue weighted by Gasteiger charge is -2.12. The predicted octanol–water partition coefficient (Wildman–Crippen LogP) is 5.14. The summed E-state index contributed by atoms with van der Waals surface area (Å²) in [5.74, 6) is 0. The van der Waals surface area contributed by atoms with Crippen molar-refractivity contribution in [3.8, 4) is 0 Å². The van der Waals surface area contributed by atoms with Gasteiger partial charge < -0.3 is 0 Å².